The third-order valence-corrected chi connectivity index (χ3v) is 1.80. The van der Waals surface area contributed by atoms with Gasteiger partial charge in [0.2, 0.25) is 0 Å². The lowest BCUT2D eigenvalue weighted by Crippen LogP contribution is -2.47. The lowest BCUT2D eigenvalue weighted by molar-refractivity contribution is -0.0421. The maximum absolute atomic E-state index is 11.0. The van der Waals surface area contributed by atoms with Crippen LogP contribution in [0.15, 0.2) is 0 Å². The van der Waals surface area contributed by atoms with Crippen LogP contribution in [0.3, 0.4) is 0 Å². The van der Waals surface area contributed by atoms with Crippen molar-refractivity contribution < 1.29 is 24.1 Å². The second kappa shape index (κ2) is 5.79. The highest BCUT2D eigenvalue weighted by Gasteiger charge is 2.24. The number of alkyl carbamates (subject to hydrolysis) is 1. The van der Waals surface area contributed by atoms with E-state index in [9.17, 15) is 9.90 Å². The van der Waals surface area contributed by atoms with E-state index in [1.165, 1.54) is 0 Å². The fraction of sp³-hybridized carbons (Fsp3) is 0.875. The molecule has 2 N–H and O–H groups in total. The molecular formula is C8H15NO5. The number of amides is 1. The molecule has 6 nitrogen and oxygen atoms in total. The molecule has 1 amide bonds. The lowest BCUT2D eigenvalue weighted by Gasteiger charge is -2.19. The molecule has 0 aromatic rings. The number of carbonyl (C=O) groups excluding carboxylic acids is 1. The Bertz CT molecular complexity index is 187. The first-order valence-corrected chi connectivity index (χ1v) is 4.51. The zero-order valence-corrected chi connectivity index (χ0v) is 8.06. The van der Waals surface area contributed by atoms with Gasteiger partial charge in [-0.1, -0.05) is 0 Å². The van der Waals surface area contributed by atoms with Crippen molar-refractivity contribution in [3.8, 4) is 0 Å². The molecule has 1 saturated heterocycles. The number of aliphatic hydroxyl groups excluding tert-OH is 1. The number of aliphatic hydroxyl groups is 1. The molecular weight excluding hydrogens is 190 g/mol. The van der Waals surface area contributed by atoms with Crippen LogP contribution in [0.1, 0.15) is 6.92 Å². The lowest BCUT2D eigenvalue weighted by atomic mass is 10.2. The van der Waals surface area contributed by atoms with Crippen LogP contribution in [-0.4, -0.2) is 50.0 Å². The Kier molecular flexibility index (Phi) is 4.64. The van der Waals surface area contributed by atoms with E-state index < -0.39 is 18.2 Å². The molecule has 1 heterocycles. The van der Waals surface area contributed by atoms with Crippen LogP contribution < -0.4 is 5.32 Å². The first-order valence-electron chi connectivity index (χ1n) is 4.51. The first kappa shape index (κ1) is 11.2. The molecule has 82 valence electrons. The average molecular weight is 205 g/mol. The Morgan fingerprint density at radius 1 is 1.57 bits per heavy atom. The molecule has 1 aliphatic rings. The van der Waals surface area contributed by atoms with Crippen LogP contribution >= 0.6 is 0 Å². The molecule has 1 rings (SSSR count). The average Bonchev–Trinajstić information content (AvgIpc) is 2.33. The third-order valence-electron chi connectivity index (χ3n) is 1.80. The highest BCUT2D eigenvalue weighted by atomic mass is 16.7. The second-order valence-corrected chi connectivity index (χ2v) is 2.90. The van der Waals surface area contributed by atoms with E-state index in [-0.39, 0.29) is 20.0 Å². The minimum absolute atomic E-state index is 0.137. The van der Waals surface area contributed by atoms with Crippen molar-refractivity contribution in [1.29, 1.82) is 0 Å². The van der Waals surface area contributed by atoms with Gasteiger partial charge in [0.1, 0.15) is 6.79 Å². The topological polar surface area (TPSA) is 77.0 Å². The molecule has 0 saturated carbocycles. The number of hydrogen-bond donors (Lipinski definition) is 2. The third kappa shape index (κ3) is 3.49. The van der Waals surface area contributed by atoms with Gasteiger partial charge < -0.3 is 24.6 Å². The standard InChI is InChI=1S/C8H15NO5/c1-2-14-8(11)9-6-3-12-5-13-4-7(6)10/h6-7,10H,2-5H2,1H3,(H,9,11). The van der Waals surface area contributed by atoms with Crippen molar-refractivity contribution in [3.63, 3.8) is 0 Å². The normalized spacial score (nSPS) is 27.9. The Labute approximate surface area is 82.1 Å². The largest absolute Gasteiger partial charge is 0.450 e. The van der Waals surface area contributed by atoms with Gasteiger partial charge in [-0.05, 0) is 6.92 Å². The quantitative estimate of drug-likeness (QED) is 0.633. The molecule has 2 atom stereocenters. The van der Waals surface area contributed by atoms with Gasteiger partial charge in [-0.2, -0.15) is 0 Å². The SMILES string of the molecule is CCOC(=O)NC1COCOCC1O. The molecule has 6 heteroatoms. The highest BCUT2D eigenvalue weighted by molar-refractivity contribution is 5.67. The molecule has 0 aromatic heterocycles. The predicted molar refractivity (Wildman–Crippen MR) is 46.7 cm³/mol. The predicted octanol–water partition coefficient (Wildman–Crippen LogP) is -0.534. The summed E-state index contributed by atoms with van der Waals surface area (Å²) in [7, 11) is 0. The molecule has 0 aromatic carbocycles. The second-order valence-electron chi connectivity index (χ2n) is 2.90. The number of carbonyl (C=O) groups is 1. The van der Waals surface area contributed by atoms with Crippen LogP contribution in [0.2, 0.25) is 0 Å². The molecule has 0 radical (unpaired) electrons. The van der Waals surface area contributed by atoms with E-state index in [1.807, 2.05) is 0 Å². The maximum atomic E-state index is 11.0. The molecule has 0 bridgehead atoms. The smallest absolute Gasteiger partial charge is 0.407 e. The summed E-state index contributed by atoms with van der Waals surface area (Å²) in [5.41, 5.74) is 0. The zero-order chi connectivity index (χ0) is 10.4. The fourth-order valence-corrected chi connectivity index (χ4v) is 1.09. The Hall–Kier alpha value is -0.850. The van der Waals surface area contributed by atoms with E-state index in [2.05, 4.69) is 10.1 Å². The van der Waals surface area contributed by atoms with E-state index in [0.29, 0.717) is 6.61 Å². The minimum Gasteiger partial charge on any atom is -0.450 e. The first-order chi connectivity index (χ1) is 6.74. The fourth-order valence-electron chi connectivity index (χ4n) is 1.09. The Balaban J connectivity index is 2.36. The summed E-state index contributed by atoms with van der Waals surface area (Å²) in [5, 5.41) is 12.0. The molecule has 0 spiro atoms. The summed E-state index contributed by atoms with van der Waals surface area (Å²) >= 11 is 0. The van der Waals surface area contributed by atoms with Gasteiger partial charge >= 0.3 is 6.09 Å². The van der Waals surface area contributed by atoms with Gasteiger partial charge in [0.15, 0.2) is 0 Å². The van der Waals surface area contributed by atoms with Gasteiger partial charge in [-0.3, -0.25) is 0 Å². The van der Waals surface area contributed by atoms with Gasteiger partial charge in [0.25, 0.3) is 0 Å². The summed E-state index contributed by atoms with van der Waals surface area (Å²) < 4.78 is 14.6. The Morgan fingerprint density at radius 2 is 2.29 bits per heavy atom. The van der Waals surface area contributed by atoms with Gasteiger partial charge in [0.05, 0.1) is 32.0 Å². The molecule has 14 heavy (non-hydrogen) atoms. The van der Waals surface area contributed by atoms with Gasteiger partial charge in [-0.15, -0.1) is 0 Å². The van der Waals surface area contributed by atoms with Crippen molar-refractivity contribution in [3.05, 3.63) is 0 Å². The van der Waals surface area contributed by atoms with E-state index >= 15 is 0 Å². The van der Waals surface area contributed by atoms with Crippen LogP contribution in [0, 0.1) is 0 Å². The molecule has 1 aliphatic heterocycles. The summed E-state index contributed by atoms with van der Waals surface area (Å²) in [6, 6.07) is -0.475. The van der Waals surface area contributed by atoms with Gasteiger partial charge in [0, 0.05) is 0 Å². The van der Waals surface area contributed by atoms with Crippen LogP contribution in [0.4, 0.5) is 4.79 Å². The van der Waals surface area contributed by atoms with Crippen LogP contribution in [0.5, 0.6) is 0 Å². The minimum atomic E-state index is -0.762. The number of nitrogens with one attached hydrogen (secondary N) is 1. The number of rotatable bonds is 2. The number of hydrogen-bond acceptors (Lipinski definition) is 5. The van der Waals surface area contributed by atoms with Crippen molar-refractivity contribution in [1.82, 2.24) is 5.32 Å². The van der Waals surface area contributed by atoms with Crippen molar-refractivity contribution in [2.24, 2.45) is 0 Å². The van der Waals surface area contributed by atoms with Crippen LogP contribution in [-0.2, 0) is 14.2 Å². The van der Waals surface area contributed by atoms with Gasteiger partial charge in [-0.25, -0.2) is 4.79 Å². The van der Waals surface area contributed by atoms with E-state index in [1.54, 1.807) is 6.92 Å². The van der Waals surface area contributed by atoms with Crippen molar-refractivity contribution >= 4 is 6.09 Å². The summed E-state index contributed by atoms with van der Waals surface area (Å²) in [6.45, 7) is 2.52. The maximum Gasteiger partial charge on any atom is 0.407 e. The number of ether oxygens (including phenoxy) is 3. The molecule has 0 aliphatic carbocycles. The summed E-state index contributed by atoms with van der Waals surface area (Å²) in [6.07, 6.45) is -1.32. The molecule has 1 fully saturated rings. The summed E-state index contributed by atoms with van der Waals surface area (Å²) in [4.78, 5) is 11.0. The zero-order valence-electron chi connectivity index (χ0n) is 8.06. The van der Waals surface area contributed by atoms with Crippen molar-refractivity contribution in [2.75, 3.05) is 26.6 Å². The highest BCUT2D eigenvalue weighted by Crippen LogP contribution is 2.02. The van der Waals surface area contributed by atoms with E-state index in [0.717, 1.165) is 0 Å². The van der Waals surface area contributed by atoms with Crippen LogP contribution in [0.25, 0.3) is 0 Å². The monoisotopic (exact) mass is 205 g/mol. The molecule has 2 unspecified atom stereocenters. The summed E-state index contributed by atoms with van der Waals surface area (Å²) in [5.74, 6) is 0. The van der Waals surface area contributed by atoms with E-state index in [4.69, 9.17) is 9.47 Å². The van der Waals surface area contributed by atoms with Crippen molar-refractivity contribution in [2.45, 2.75) is 19.1 Å². The Morgan fingerprint density at radius 3 is 3.00 bits per heavy atom.